The maximum absolute atomic E-state index is 13.7. The molecule has 5 nitrogen and oxygen atoms in total. The van der Waals surface area contributed by atoms with Crippen LogP contribution in [0.3, 0.4) is 0 Å². The Kier molecular flexibility index (Phi) is 9.95. The largest absolute Gasteiger partial charge is 0.509 e. The summed E-state index contributed by atoms with van der Waals surface area (Å²) in [5, 5.41) is 1.99. The van der Waals surface area contributed by atoms with Crippen molar-refractivity contribution in [2.24, 2.45) is 0 Å². The Bertz CT molecular complexity index is 2770. The SMILES string of the molecule is Cc1cc(C)cc(N2[CH-]N(c3[c-]c(Oc4[c-]c5c(cc4)c4ccccc4n5-c4cc(C(C)C)c(-c5cccc(C(F)(F)F)c5)cn4)ccc3)c3ccccc32)c1.[Pt]. The fourth-order valence-electron chi connectivity index (χ4n) is 7.69. The van der Waals surface area contributed by atoms with Gasteiger partial charge in [-0.15, -0.1) is 48.1 Å². The molecule has 0 fully saturated rings. The summed E-state index contributed by atoms with van der Waals surface area (Å²) in [7, 11) is 0. The van der Waals surface area contributed by atoms with E-state index in [2.05, 4.69) is 78.8 Å². The Morgan fingerprint density at radius 1 is 0.702 bits per heavy atom. The smallest absolute Gasteiger partial charge is 0.416 e. The molecule has 1 aliphatic rings. The van der Waals surface area contributed by atoms with Crippen LogP contribution >= 0.6 is 0 Å². The van der Waals surface area contributed by atoms with Gasteiger partial charge in [-0.25, -0.2) is 4.98 Å². The van der Waals surface area contributed by atoms with Gasteiger partial charge in [-0.3, -0.25) is 0 Å². The molecule has 9 heteroatoms. The molecule has 0 amide bonds. The van der Waals surface area contributed by atoms with Crippen molar-refractivity contribution in [2.75, 3.05) is 9.80 Å². The average molecular weight is 937 g/mol. The van der Waals surface area contributed by atoms with E-state index in [0.29, 0.717) is 28.4 Å². The van der Waals surface area contributed by atoms with E-state index in [-0.39, 0.29) is 27.0 Å². The van der Waals surface area contributed by atoms with Crippen LogP contribution in [0.25, 0.3) is 38.8 Å². The van der Waals surface area contributed by atoms with Gasteiger partial charge in [0.05, 0.1) is 5.56 Å². The molecule has 1 aliphatic heterocycles. The van der Waals surface area contributed by atoms with E-state index >= 15 is 0 Å². The first-order chi connectivity index (χ1) is 27.0. The van der Waals surface area contributed by atoms with E-state index < -0.39 is 11.7 Å². The Balaban J connectivity index is 0.00000455. The minimum absolute atomic E-state index is 0. The van der Waals surface area contributed by atoms with Crippen molar-refractivity contribution in [3.05, 3.63) is 175 Å². The van der Waals surface area contributed by atoms with Gasteiger partial charge in [-0.1, -0.05) is 67.9 Å². The van der Waals surface area contributed by atoms with E-state index in [1.54, 1.807) is 12.3 Å². The van der Waals surface area contributed by atoms with Crippen LogP contribution in [0.1, 0.15) is 42.0 Å². The summed E-state index contributed by atoms with van der Waals surface area (Å²) in [5.41, 5.74) is 9.42. The van der Waals surface area contributed by atoms with Crippen molar-refractivity contribution in [1.29, 1.82) is 0 Å². The van der Waals surface area contributed by atoms with Crippen molar-refractivity contribution >= 4 is 44.6 Å². The number of pyridine rings is 1. The number of para-hydroxylation sites is 3. The molecule has 0 atom stereocenters. The molecule has 6 aromatic carbocycles. The van der Waals surface area contributed by atoms with E-state index in [1.807, 2.05) is 85.1 Å². The summed E-state index contributed by atoms with van der Waals surface area (Å²) in [6.45, 7) is 10.4. The van der Waals surface area contributed by atoms with Crippen LogP contribution in [0.15, 0.2) is 134 Å². The Morgan fingerprint density at radius 3 is 2.16 bits per heavy atom. The Hall–Kier alpha value is -5.85. The number of halogens is 3. The minimum atomic E-state index is -4.45. The van der Waals surface area contributed by atoms with Gasteiger partial charge in [0, 0.05) is 66.9 Å². The molecule has 288 valence electrons. The summed E-state index contributed by atoms with van der Waals surface area (Å²) < 4.78 is 49.5. The van der Waals surface area contributed by atoms with E-state index in [1.165, 1.54) is 23.3 Å². The van der Waals surface area contributed by atoms with Crippen LogP contribution in [-0.4, -0.2) is 9.55 Å². The second kappa shape index (κ2) is 14.9. The maximum Gasteiger partial charge on any atom is 0.416 e. The average Bonchev–Trinajstić information content (AvgIpc) is 3.73. The second-order valence-corrected chi connectivity index (χ2v) is 14.5. The summed E-state index contributed by atoms with van der Waals surface area (Å²) in [4.78, 5) is 9.17. The first-order valence-corrected chi connectivity index (χ1v) is 18.5. The molecular formula is C48H36F3N4OPt-3. The van der Waals surface area contributed by atoms with Gasteiger partial charge >= 0.3 is 6.18 Å². The topological polar surface area (TPSA) is 33.5 Å². The molecule has 8 aromatic rings. The zero-order valence-corrected chi connectivity index (χ0v) is 33.8. The van der Waals surface area contributed by atoms with Crippen molar-refractivity contribution < 1.29 is 39.0 Å². The molecular weight excluding hydrogens is 901 g/mol. The Morgan fingerprint density at radius 2 is 1.40 bits per heavy atom. The van der Waals surface area contributed by atoms with Crippen LogP contribution in [0.2, 0.25) is 0 Å². The van der Waals surface area contributed by atoms with E-state index in [9.17, 15) is 13.2 Å². The molecule has 0 aliphatic carbocycles. The Labute approximate surface area is 344 Å². The van der Waals surface area contributed by atoms with Gasteiger partial charge in [0.1, 0.15) is 5.82 Å². The zero-order chi connectivity index (χ0) is 38.7. The summed E-state index contributed by atoms with van der Waals surface area (Å²) in [6.07, 6.45) is -2.77. The number of alkyl halides is 3. The molecule has 2 aromatic heterocycles. The van der Waals surface area contributed by atoms with E-state index in [0.717, 1.165) is 56.2 Å². The number of hydrogen-bond acceptors (Lipinski definition) is 4. The standard InChI is InChI=1S/C48H36F3N4O.Pt/c1-30(2)41-27-47(52-28-42(41)33-11-9-12-34(24-33)48(49,50)51)55-43-16-6-5-15-39(43)40-20-19-38(26-46(40)55)56-37-14-10-13-35(25-37)53-29-54(45-18-8-7-17-44(45)53)36-22-31(3)21-32(4)23-36;/h5-24,27-30H,1-4H3;/q-3;. The number of fused-ring (bicyclic) bond motifs is 4. The monoisotopic (exact) mass is 936 g/mol. The van der Waals surface area contributed by atoms with Crippen LogP contribution in [0, 0.1) is 32.6 Å². The fraction of sp³-hybridized carbons (Fsp3) is 0.125. The molecule has 0 bridgehead atoms. The molecule has 0 unspecified atom stereocenters. The van der Waals surface area contributed by atoms with Crippen LogP contribution in [0.5, 0.6) is 11.5 Å². The predicted molar refractivity (Wildman–Crippen MR) is 218 cm³/mol. The number of hydrogen-bond donors (Lipinski definition) is 0. The normalized spacial score (nSPS) is 12.7. The maximum atomic E-state index is 13.7. The number of ether oxygens (including phenoxy) is 1. The first kappa shape index (κ1) is 38.0. The summed E-state index contributed by atoms with van der Waals surface area (Å²) in [6, 6.07) is 47.1. The number of anilines is 4. The molecule has 0 saturated heterocycles. The van der Waals surface area contributed by atoms with Crippen LogP contribution in [-0.2, 0) is 27.2 Å². The zero-order valence-electron chi connectivity index (χ0n) is 31.5. The van der Waals surface area contributed by atoms with Crippen molar-refractivity contribution in [3.63, 3.8) is 0 Å². The van der Waals surface area contributed by atoms with Gasteiger partial charge in [0.25, 0.3) is 0 Å². The third-order valence-corrected chi connectivity index (χ3v) is 10.2. The predicted octanol–water partition coefficient (Wildman–Crippen LogP) is 13.4. The second-order valence-electron chi connectivity index (χ2n) is 14.5. The molecule has 9 rings (SSSR count). The molecule has 0 spiro atoms. The fourth-order valence-corrected chi connectivity index (χ4v) is 7.69. The quantitative estimate of drug-likeness (QED) is 0.149. The van der Waals surface area contributed by atoms with Crippen LogP contribution in [0.4, 0.5) is 35.9 Å². The number of benzene rings is 6. The molecule has 3 heterocycles. The molecule has 57 heavy (non-hydrogen) atoms. The van der Waals surface area contributed by atoms with Gasteiger partial charge in [0.15, 0.2) is 0 Å². The number of nitrogens with zero attached hydrogens (tertiary/aromatic N) is 4. The van der Waals surface area contributed by atoms with Crippen molar-refractivity contribution in [1.82, 2.24) is 9.55 Å². The first-order valence-electron chi connectivity index (χ1n) is 18.5. The minimum Gasteiger partial charge on any atom is -0.509 e. The van der Waals surface area contributed by atoms with Crippen molar-refractivity contribution in [3.8, 4) is 28.4 Å². The molecule has 0 radical (unpaired) electrons. The number of aromatic nitrogens is 2. The molecule has 0 N–H and O–H groups in total. The summed E-state index contributed by atoms with van der Waals surface area (Å²) in [5.74, 6) is 1.67. The number of aryl methyl sites for hydroxylation is 2. The third kappa shape index (κ3) is 7.08. The number of rotatable bonds is 7. The van der Waals surface area contributed by atoms with Gasteiger partial charge in [-0.2, -0.15) is 25.3 Å². The van der Waals surface area contributed by atoms with Crippen molar-refractivity contribution in [2.45, 2.75) is 39.8 Å². The van der Waals surface area contributed by atoms with Crippen LogP contribution < -0.4 is 14.5 Å². The summed E-state index contributed by atoms with van der Waals surface area (Å²) >= 11 is 0. The van der Waals surface area contributed by atoms with E-state index in [4.69, 9.17) is 9.72 Å². The third-order valence-electron chi connectivity index (χ3n) is 10.2. The van der Waals surface area contributed by atoms with Gasteiger partial charge in [-0.05, 0) is 95.9 Å². The van der Waals surface area contributed by atoms with Gasteiger partial charge < -0.3 is 19.1 Å². The molecule has 0 saturated carbocycles. The van der Waals surface area contributed by atoms with Gasteiger partial charge in [0.2, 0.25) is 0 Å².